The minimum atomic E-state index is -0.0893. The van der Waals surface area contributed by atoms with Crippen molar-refractivity contribution in [1.29, 1.82) is 0 Å². The molecule has 1 aromatic rings. The molecule has 1 aliphatic heterocycles. The summed E-state index contributed by atoms with van der Waals surface area (Å²) >= 11 is 0. The van der Waals surface area contributed by atoms with E-state index in [1.807, 2.05) is 12.1 Å². The Balaban J connectivity index is 2.13. The Morgan fingerprint density at radius 3 is 2.72 bits per heavy atom. The first-order valence-corrected chi connectivity index (χ1v) is 6.87. The van der Waals surface area contributed by atoms with E-state index in [0.29, 0.717) is 5.92 Å². The van der Waals surface area contributed by atoms with Crippen molar-refractivity contribution < 1.29 is 4.39 Å². The first-order chi connectivity index (χ1) is 8.63. The highest BCUT2D eigenvalue weighted by Gasteiger charge is 2.30. The minimum Gasteiger partial charge on any atom is -0.328 e. The van der Waals surface area contributed by atoms with Gasteiger partial charge < -0.3 is 5.73 Å². The van der Waals surface area contributed by atoms with Gasteiger partial charge in [0.2, 0.25) is 0 Å². The maximum absolute atomic E-state index is 13.9. The molecule has 1 fully saturated rings. The van der Waals surface area contributed by atoms with Gasteiger partial charge in [0, 0.05) is 24.2 Å². The zero-order valence-corrected chi connectivity index (χ0v) is 11.3. The van der Waals surface area contributed by atoms with E-state index in [9.17, 15) is 4.39 Å². The molecule has 3 unspecified atom stereocenters. The molecular weight excluding hydrogens is 227 g/mol. The molecule has 3 atom stereocenters. The lowest BCUT2D eigenvalue weighted by Crippen LogP contribution is -2.31. The molecule has 2 rings (SSSR count). The van der Waals surface area contributed by atoms with Gasteiger partial charge in [-0.1, -0.05) is 25.1 Å². The molecule has 3 heteroatoms. The van der Waals surface area contributed by atoms with Gasteiger partial charge in [0.25, 0.3) is 0 Å². The number of likely N-dealkylation sites (tertiary alicyclic amines) is 1. The SMILES string of the molecule is CCC(c1ccccc1F)N1CCC(C(C)N)C1. The molecule has 1 aromatic carbocycles. The van der Waals surface area contributed by atoms with Crippen molar-refractivity contribution >= 4 is 0 Å². The highest BCUT2D eigenvalue weighted by atomic mass is 19.1. The van der Waals surface area contributed by atoms with Crippen LogP contribution in [0.4, 0.5) is 4.39 Å². The Kier molecular flexibility index (Phi) is 4.36. The van der Waals surface area contributed by atoms with Crippen LogP contribution in [0.2, 0.25) is 0 Å². The second-order valence-corrected chi connectivity index (χ2v) is 5.35. The third kappa shape index (κ3) is 2.73. The van der Waals surface area contributed by atoms with Crippen molar-refractivity contribution in [3.05, 3.63) is 35.6 Å². The molecule has 1 aliphatic rings. The maximum atomic E-state index is 13.9. The fourth-order valence-electron chi connectivity index (χ4n) is 2.95. The molecule has 0 saturated carbocycles. The summed E-state index contributed by atoms with van der Waals surface area (Å²) in [6.45, 7) is 6.21. The van der Waals surface area contributed by atoms with E-state index in [1.54, 1.807) is 12.1 Å². The van der Waals surface area contributed by atoms with E-state index >= 15 is 0 Å². The summed E-state index contributed by atoms with van der Waals surface area (Å²) in [7, 11) is 0. The van der Waals surface area contributed by atoms with Crippen LogP contribution in [0.25, 0.3) is 0 Å². The molecule has 0 radical (unpaired) electrons. The number of hydrogen-bond acceptors (Lipinski definition) is 2. The van der Waals surface area contributed by atoms with Crippen molar-refractivity contribution in [3.63, 3.8) is 0 Å². The zero-order valence-electron chi connectivity index (χ0n) is 11.3. The molecule has 2 N–H and O–H groups in total. The molecule has 0 aromatic heterocycles. The monoisotopic (exact) mass is 250 g/mol. The average Bonchev–Trinajstić information content (AvgIpc) is 2.82. The van der Waals surface area contributed by atoms with Gasteiger partial charge in [-0.3, -0.25) is 4.90 Å². The Morgan fingerprint density at radius 1 is 1.44 bits per heavy atom. The van der Waals surface area contributed by atoms with E-state index in [4.69, 9.17) is 5.73 Å². The summed E-state index contributed by atoms with van der Waals surface area (Å²) < 4.78 is 13.9. The van der Waals surface area contributed by atoms with Crippen molar-refractivity contribution in [2.45, 2.75) is 38.8 Å². The highest BCUT2D eigenvalue weighted by Crippen LogP contribution is 2.32. The van der Waals surface area contributed by atoms with Crippen LogP contribution >= 0.6 is 0 Å². The number of nitrogens with zero attached hydrogens (tertiary/aromatic N) is 1. The van der Waals surface area contributed by atoms with Crippen molar-refractivity contribution in [1.82, 2.24) is 4.90 Å². The molecular formula is C15H23FN2. The predicted molar refractivity (Wildman–Crippen MR) is 72.8 cm³/mol. The van der Waals surface area contributed by atoms with Gasteiger partial charge in [-0.15, -0.1) is 0 Å². The minimum absolute atomic E-state index is 0.0893. The van der Waals surface area contributed by atoms with E-state index in [1.165, 1.54) is 0 Å². The Morgan fingerprint density at radius 2 is 2.17 bits per heavy atom. The van der Waals surface area contributed by atoms with Crippen LogP contribution in [0, 0.1) is 11.7 Å². The summed E-state index contributed by atoms with van der Waals surface area (Å²) in [5, 5.41) is 0. The zero-order chi connectivity index (χ0) is 13.1. The third-order valence-electron chi connectivity index (χ3n) is 4.09. The van der Waals surface area contributed by atoms with Crippen LogP contribution in [-0.4, -0.2) is 24.0 Å². The molecule has 18 heavy (non-hydrogen) atoms. The number of halogens is 1. The summed E-state index contributed by atoms with van der Waals surface area (Å²) in [5.74, 6) is 0.458. The van der Waals surface area contributed by atoms with Gasteiger partial charge in [0.15, 0.2) is 0 Å². The summed E-state index contributed by atoms with van der Waals surface area (Å²) in [5.41, 5.74) is 6.79. The van der Waals surface area contributed by atoms with E-state index in [0.717, 1.165) is 31.5 Å². The lowest BCUT2D eigenvalue weighted by molar-refractivity contribution is 0.222. The number of nitrogens with two attached hydrogens (primary N) is 1. The molecule has 2 nitrogen and oxygen atoms in total. The average molecular weight is 250 g/mol. The van der Waals surface area contributed by atoms with E-state index in [2.05, 4.69) is 18.7 Å². The Hall–Kier alpha value is -0.930. The molecule has 0 aliphatic carbocycles. The topological polar surface area (TPSA) is 29.3 Å². The molecule has 0 spiro atoms. The number of rotatable bonds is 4. The third-order valence-corrected chi connectivity index (χ3v) is 4.09. The maximum Gasteiger partial charge on any atom is 0.127 e. The van der Waals surface area contributed by atoms with Gasteiger partial charge in [-0.25, -0.2) is 4.39 Å². The first kappa shape index (κ1) is 13.5. The lowest BCUT2D eigenvalue weighted by atomic mass is 10.0. The quantitative estimate of drug-likeness (QED) is 0.890. The molecule has 1 saturated heterocycles. The van der Waals surface area contributed by atoms with E-state index < -0.39 is 0 Å². The highest BCUT2D eigenvalue weighted by molar-refractivity contribution is 5.21. The van der Waals surface area contributed by atoms with Crippen LogP contribution in [0.5, 0.6) is 0 Å². The van der Waals surface area contributed by atoms with Gasteiger partial charge in [-0.2, -0.15) is 0 Å². The first-order valence-electron chi connectivity index (χ1n) is 6.87. The van der Waals surface area contributed by atoms with Crippen LogP contribution in [0.15, 0.2) is 24.3 Å². The van der Waals surface area contributed by atoms with Crippen molar-refractivity contribution in [2.75, 3.05) is 13.1 Å². The van der Waals surface area contributed by atoms with Crippen LogP contribution in [0.3, 0.4) is 0 Å². The standard InChI is InChI=1S/C15H23FN2/c1-3-15(13-6-4-5-7-14(13)16)18-9-8-12(10-18)11(2)17/h4-7,11-12,15H,3,8-10,17H2,1-2H3. The molecule has 0 bridgehead atoms. The molecule has 100 valence electrons. The number of benzene rings is 1. The van der Waals surface area contributed by atoms with Crippen molar-refractivity contribution in [3.8, 4) is 0 Å². The summed E-state index contributed by atoms with van der Waals surface area (Å²) in [4.78, 5) is 2.38. The fraction of sp³-hybridized carbons (Fsp3) is 0.600. The van der Waals surface area contributed by atoms with E-state index in [-0.39, 0.29) is 17.9 Å². The lowest BCUT2D eigenvalue weighted by Gasteiger charge is -2.28. The largest absolute Gasteiger partial charge is 0.328 e. The smallest absolute Gasteiger partial charge is 0.127 e. The van der Waals surface area contributed by atoms with Gasteiger partial charge in [0.05, 0.1) is 0 Å². The second-order valence-electron chi connectivity index (χ2n) is 5.35. The van der Waals surface area contributed by atoms with Crippen LogP contribution in [-0.2, 0) is 0 Å². The Labute approximate surface area is 109 Å². The van der Waals surface area contributed by atoms with Crippen molar-refractivity contribution in [2.24, 2.45) is 11.7 Å². The predicted octanol–water partition coefficient (Wildman–Crippen LogP) is 2.95. The summed E-state index contributed by atoms with van der Waals surface area (Å²) in [6, 6.07) is 7.54. The van der Waals surface area contributed by atoms with Gasteiger partial charge in [-0.05, 0) is 38.3 Å². The summed E-state index contributed by atoms with van der Waals surface area (Å²) in [6.07, 6.45) is 2.06. The van der Waals surface area contributed by atoms with Gasteiger partial charge in [0.1, 0.15) is 5.82 Å². The van der Waals surface area contributed by atoms with Crippen LogP contribution in [0.1, 0.15) is 38.3 Å². The normalized spacial score (nSPS) is 24.1. The number of hydrogen-bond donors (Lipinski definition) is 1. The Bertz CT molecular complexity index is 392. The molecule has 0 amide bonds. The fourth-order valence-corrected chi connectivity index (χ4v) is 2.95. The second kappa shape index (κ2) is 5.81. The molecule has 1 heterocycles. The van der Waals surface area contributed by atoms with Crippen LogP contribution < -0.4 is 5.73 Å². The van der Waals surface area contributed by atoms with Gasteiger partial charge >= 0.3 is 0 Å².